The van der Waals surface area contributed by atoms with E-state index >= 15 is 0 Å². The SMILES string of the molecule is CCNC(=NCc1nccn1CC(C)C)NCC1(c2ccccc2)CCC1. The maximum absolute atomic E-state index is 4.79. The Morgan fingerprint density at radius 3 is 2.63 bits per heavy atom. The van der Waals surface area contributed by atoms with Crippen LogP contribution in [-0.2, 0) is 18.5 Å². The number of imidazole rings is 1. The van der Waals surface area contributed by atoms with Gasteiger partial charge in [0, 0.05) is 37.4 Å². The van der Waals surface area contributed by atoms with Crippen LogP contribution in [0.1, 0.15) is 51.4 Å². The van der Waals surface area contributed by atoms with Crippen LogP contribution >= 0.6 is 0 Å². The first kappa shape index (κ1) is 19.5. The number of aliphatic imine (C=N–C) groups is 1. The zero-order valence-electron chi connectivity index (χ0n) is 16.9. The van der Waals surface area contributed by atoms with Crippen molar-refractivity contribution in [1.29, 1.82) is 0 Å². The smallest absolute Gasteiger partial charge is 0.191 e. The van der Waals surface area contributed by atoms with Crippen LogP contribution in [0.3, 0.4) is 0 Å². The molecule has 1 aromatic heterocycles. The number of rotatable bonds is 8. The number of benzene rings is 1. The summed E-state index contributed by atoms with van der Waals surface area (Å²) < 4.78 is 2.20. The molecule has 0 spiro atoms. The second-order valence-electron chi connectivity index (χ2n) is 7.94. The van der Waals surface area contributed by atoms with Gasteiger partial charge in [-0.1, -0.05) is 50.6 Å². The number of nitrogens with one attached hydrogen (secondary N) is 2. The summed E-state index contributed by atoms with van der Waals surface area (Å²) in [6.07, 6.45) is 7.69. The summed E-state index contributed by atoms with van der Waals surface area (Å²) >= 11 is 0. The van der Waals surface area contributed by atoms with Crippen molar-refractivity contribution in [3.63, 3.8) is 0 Å². The molecular formula is C22H33N5. The highest BCUT2D eigenvalue weighted by atomic mass is 15.2. The molecule has 0 radical (unpaired) electrons. The van der Waals surface area contributed by atoms with E-state index in [1.165, 1.54) is 24.8 Å². The van der Waals surface area contributed by atoms with Gasteiger partial charge in [0.25, 0.3) is 0 Å². The summed E-state index contributed by atoms with van der Waals surface area (Å²) in [5, 5.41) is 6.97. The van der Waals surface area contributed by atoms with Gasteiger partial charge in [0.05, 0.1) is 0 Å². The minimum absolute atomic E-state index is 0.244. The van der Waals surface area contributed by atoms with E-state index in [2.05, 4.69) is 71.3 Å². The lowest BCUT2D eigenvalue weighted by atomic mass is 9.64. The Bertz CT molecular complexity index is 728. The van der Waals surface area contributed by atoms with Crippen molar-refractivity contribution in [2.24, 2.45) is 10.9 Å². The van der Waals surface area contributed by atoms with Gasteiger partial charge in [0.15, 0.2) is 5.96 Å². The molecule has 1 aliphatic carbocycles. The molecule has 0 amide bonds. The molecule has 1 heterocycles. The topological polar surface area (TPSA) is 54.2 Å². The van der Waals surface area contributed by atoms with Crippen molar-refractivity contribution in [1.82, 2.24) is 20.2 Å². The fourth-order valence-corrected chi connectivity index (χ4v) is 3.76. The highest BCUT2D eigenvalue weighted by Gasteiger charge is 2.38. The number of aromatic nitrogens is 2. The lowest BCUT2D eigenvalue weighted by molar-refractivity contribution is 0.244. The Balaban J connectivity index is 1.65. The van der Waals surface area contributed by atoms with Gasteiger partial charge in [-0.25, -0.2) is 9.98 Å². The molecule has 1 aromatic carbocycles. The van der Waals surface area contributed by atoms with Crippen LogP contribution in [0.2, 0.25) is 0 Å². The first-order valence-electron chi connectivity index (χ1n) is 10.2. The first-order chi connectivity index (χ1) is 13.1. The van der Waals surface area contributed by atoms with Crippen LogP contribution in [0.25, 0.3) is 0 Å². The second kappa shape index (κ2) is 9.07. The normalized spacial score (nSPS) is 16.2. The fourth-order valence-electron chi connectivity index (χ4n) is 3.76. The lowest BCUT2D eigenvalue weighted by Gasteiger charge is -2.43. The minimum atomic E-state index is 0.244. The average molecular weight is 368 g/mol. The van der Waals surface area contributed by atoms with Gasteiger partial charge >= 0.3 is 0 Å². The van der Waals surface area contributed by atoms with Gasteiger partial charge in [0.1, 0.15) is 12.4 Å². The average Bonchev–Trinajstić information content (AvgIpc) is 3.06. The van der Waals surface area contributed by atoms with E-state index in [1.807, 2.05) is 12.4 Å². The Hall–Kier alpha value is -2.30. The molecule has 5 heteroatoms. The third-order valence-electron chi connectivity index (χ3n) is 5.38. The minimum Gasteiger partial charge on any atom is -0.357 e. The lowest BCUT2D eigenvalue weighted by Crippen LogP contribution is -2.48. The highest BCUT2D eigenvalue weighted by Crippen LogP contribution is 2.43. The van der Waals surface area contributed by atoms with E-state index in [9.17, 15) is 0 Å². The molecule has 1 aliphatic rings. The van der Waals surface area contributed by atoms with Crippen LogP contribution in [0.5, 0.6) is 0 Å². The van der Waals surface area contributed by atoms with E-state index in [-0.39, 0.29) is 5.41 Å². The molecule has 2 N–H and O–H groups in total. The van der Waals surface area contributed by atoms with Crippen LogP contribution in [0.4, 0.5) is 0 Å². The van der Waals surface area contributed by atoms with Crippen LogP contribution in [-0.4, -0.2) is 28.6 Å². The van der Waals surface area contributed by atoms with Gasteiger partial charge in [-0.05, 0) is 31.2 Å². The van der Waals surface area contributed by atoms with Crippen molar-refractivity contribution in [2.45, 2.75) is 58.5 Å². The van der Waals surface area contributed by atoms with Crippen LogP contribution in [0, 0.1) is 5.92 Å². The molecule has 0 aliphatic heterocycles. The summed E-state index contributed by atoms with van der Waals surface area (Å²) in [7, 11) is 0. The third kappa shape index (κ3) is 4.90. The second-order valence-corrected chi connectivity index (χ2v) is 7.94. The number of nitrogens with zero attached hydrogens (tertiary/aromatic N) is 3. The summed E-state index contributed by atoms with van der Waals surface area (Å²) in [5.41, 5.74) is 1.68. The number of hydrogen-bond acceptors (Lipinski definition) is 2. The molecule has 1 saturated carbocycles. The predicted molar refractivity (Wildman–Crippen MR) is 112 cm³/mol. The monoisotopic (exact) mass is 367 g/mol. The van der Waals surface area contributed by atoms with E-state index in [0.29, 0.717) is 12.5 Å². The predicted octanol–water partition coefficient (Wildman–Crippen LogP) is 3.72. The molecule has 2 aromatic rings. The Labute approximate surface area is 163 Å². The standard InChI is InChI=1S/C22H33N5/c1-4-23-21(25-15-20-24-13-14-27(20)16-18(2)3)26-17-22(11-8-12-22)19-9-6-5-7-10-19/h5-7,9-10,13-14,18H,4,8,11-12,15-17H2,1-3H3,(H2,23,25,26). The molecule has 0 bridgehead atoms. The Morgan fingerprint density at radius 1 is 1.22 bits per heavy atom. The molecule has 0 atom stereocenters. The fraction of sp³-hybridized carbons (Fsp3) is 0.545. The molecule has 27 heavy (non-hydrogen) atoms. The molecule has 1 fully saturated rings. The summed E-state index contributed by atoms with van der Waals surface area (Å²) in [5.74, 6) is 2.48. The van der Waals surface area contributed by atoms with Crippen molar-refractivity contribution in [2.75, 3.05) is 13.1 Å². The van der Waals surface area contributed by atoms with Gasteiger partial charge < -0.3 is 15.2 Å². The Kier molecular flexibility index (Phi) is 6.54. The van der Waals surface area contributed by atoms with Crippen molar-refractivity contribution >= 4 is 5.96 Å². The van der Waals surface area contributed by atoms with Gasteiger partial charge in [-0.3, -0.25) is 0 Å². The van der Waals surface area contributed by atoms with Crippen molar-refractivity contribution in [3.05, 3.63) is 54.1 Å². The zero-order chi connectivity index (χ0) is 19.1. The quantitative estimate of drug-likeness (QED) is 0.552. The van der Waals surface area contributed by atoms with Crippen LogP contribution < -0.4 is 10.6 Å². The molecule has 0 saturated heterocycles. The molecule has 0 unspecified atom stereocenters. The summed E-state index contributed by atoms with van der Waals surface area (Å²) in [6.45, 7) is 9.89. The summed E-state index contributed by atoms with van der Waals surface area (Å²) in [4.78, 5) is 9.28. The van der Waals surface area contributed by atoms with Crippen molar-refractivity contribution in [3.8, 4) is 0 Å². The van der Waals surface area contributed by atoms with E-state index in [4.69, 9.17) is 4.99 Å². The first-order valence-corrected chi connectivity index (χ1v) is 10.2. The molecule has 5 nitrogen and oxygen atoms in total. The van der Waals surface area contributed by atoms with Gasteiger partial charge in [-0.15, -0.1) is 0 Å². The third-order valence-corrected chi connectivity index (χ3v) is 5.38. The van der Waals surface area contributed by atoms with E-state index in [0.717, 1.165) is 31.4 Å². The molecular weight excluding hydrogens is 334 g/mol. The van der Waals surface area contributed by atoms with Crippen LogP contribution in [0.15, 0.2) is 47.7 Å². The number of hydrogen-bond donors (Lipinski definition) is 2. The maximum atomic E-state index is 4.79. The number of guanidine groups is 1. The van der Waals surface area contributed by atoms with Crippen molar-refractivity contribution < 1.29 is 0 Å². The maximum Gasteiger partial charge on any atom is 0.191 e. The summed E-state index contributed by atoms with van der Waals surface area (Å²) in [6, 6.07) is 10.9. The highest BCUT2D eigenvalue weighted by molar-refractivity contribution is 5.79. The Morgan fingerprint density at radius 2 is 2.00 bits per heavy atom. The zero-order valence-corrected chi connectivity index (χ0v) is 16.9. The largest absolute Gasteiger partial charge is 0.357 e. The molecule has 3 rings (SSSR count). The van der Waals surface area contributed by atoms with E-state index in [1.54, 1.807) is 0 Å². The van der Waals surface area contributed by atoms with E-state index < -0.39 is 0 Å². The molecule has 146 valence electrons. The van der Waals surface area contributed by atoms with Gasteiger partial charge in [0.2, 0.25) is 0 Å². The van der Waals surface area contributed by atoms with Gasteiger partial charge in [-0.2, -0.15) is 0 Å².